The summed E-state index contributed by atoms with van der Waals surface area (Å²) in [6.07, 6.45) is 0. The Morgan fingerprint density at radius 3 is 1.07 bits per heavy atom. The molecule has 0 spiro atoms. The van der Waals surface area contributed by atoms with Gasteiger partial charge in [-0.05, 0) is 0 Å². The monoisotopic (exact) mass is 1890 g/mol. The molecule has 0 aliphatic rings. The molecule has 0 atom stereocenters. The van der Waals surface area contributed by atoms with E-state index in [9.17, 15) is 0 Å². The molecule has 620 valence electrons. The Balaban J connectivity index is 0.000000108. The van der Waals surface area contributed by atoms with Crippen molar-refractivity contribution in [2.24, 2.45) is 0 Å². The van der Waals surface area contributed by atoms with Crippen LogP contribution in [-0.2, 0) is 0 Å². The van der Waals surface area contributed by atoms with Crippen molar-refractivity contribution in [3.05, 3.63) is 449 Å². The molecule has 22 aromatic carbocycles. The predicted octanol–water partition coefficient (Wildman–Crippen LogP) is 30.3. The van der Waals surface area contributed by atoms with Crippen LogP contribution in [0.3, 0.4) is 0 Å². The van der Waals surface area contributed by atoms with Gasteiger partial charge in [0.2, 0.25) is 0 Å². The molecule has 0 saturated heterocycles. The zero-order chi connectivity index (χ0) is 88.0. The van der Waals surface area contributed by atoms with Crippen molar-refractivity contribution in [3.63, 3.8) is 0 Å². The second-order valence-corrected chi connectivity index (χ2v) is 39.1. The third-order valence-electron chi connectivity index (χ3n) is 26.0. The molecule has 0 unspecified atom stereocenters. The number of rotatable bonds is 10. The van der Waals surface area contributed by atoms with Crippen LogP contribution >= 0.6 is 0 Å². The van der Waals surface area contributed by atoms with Gasteiger partial charge in [0.05, 0.1) is 0 Å². The Bertz CT molecular complexity index is 9340. The minimum atomic E-state index is 0.216. The number of para-hydroxylation sites is 3. The fourth-order valence-corrected chi connectivity index (χ4v) is 25.4. The average molecular weight is 1890 g/mol. The first-order chi connectivity index (χ1) is 65.8. The molecular formula is C123H75N7Se3. The molecule has 0 amide bonds. The molecule has 0 aliphatic heterocycles. The first kappa shape index (κ1) is 79.3. The fourth-order valence-electron chi connectivity index (χ4n) is 19.5. The molecule has 7 nitrogen and oxygen atoms in total. The molecule has 5 heterocycles. The Morgan fingerprint density at radius 2 is 0.489 bits per heavy atom. The summed E-state index contributed by atoms with van der Waals surface area (Å²) in [5.74, 6) is 2.71. The van der Waals surface area contributed by atoms with E-state index in [2.05, 4.69) is 392 Å². The van der Waals surface area contributed by atoms with Gasteiger partial charge < -0.3 is 0 Å². The van der Waals surface area contributed by atoms with Crippen LogP contribution in [0, 0.1) is 0 Å². The summed E-state index contributed by atoms with van der Waals surface area (Å²) in [4.78, 5) is 35.8. The van der Waals surface area contributed by atoms with E-state index in [1.165, 1.54) is 158 Å². The molecule has 0 saturated carbocycles. The molecule has 10 heteroatoms. The maximum atomic E-state index is 5.32. The van der Waals surface area contributed by atoms with E-state index in [1.807, 2.05) is 72.8 Å². The second kappa shape index (κ2) is 33.6. The zero-order valence-electron chi connectivity index (χ0n) is 71.6. The first-order valence-electron chi connectivity index (χ1n) is 44.7. The molecule has 133 heavy (non-hydrogen) atoms. The number of aromatic nitrogens is 7. The SMILES string of the molecule is [SeH]c1c(-c2cccc(-c3nc(-c4ccccc4)nc(-c4ccccc4)n3)c2)cccc1-c1ccccc1-c1ccc2ccc3ccccc3c2c1.c1ccc2c(c1)ccc1c3cc(-c4nc(-c5cccc6c5[se]c5ccccc56)c5ccccc5n4)ccc3ccc21.c1ccc2c(c1)ccc1c3cc(-c4nc5ccccc5nc4-c4cccc5c4[se]c4ccccc45)ccc3ccc21. The quantitative estimate of drug-likeness (QED) is 0.0995. The van der Waals surface area contributed by atoms with Crippen LogP contribution < -0.4 is 4.46 Å². The van der Waals surface area contributed by atoms with Gasteiger partial charge in [0.15, 0.2) is 0 Å². The van der Waals surface area contributed by atoms with Crippen molar-refractivity contribution in [3.8, 4) is 113 Å². The summed E-state index contributed by atoms with van der Waals surface area (Å²) >= 11 is 3.29. The average Bonchev–Trinajstić information content (AvgIpc) is 1.35. The number of benzene rings is 22. The molecule has 0 bridgehead atoms. The van der Waals surface area contributed by atoms with Crippen LogP contribution in [0.25, 0.3) is 259 Å². The van der Waals surface area contributed by atoms with E-state index < -0.39 is 0 Å². The summed E-state index contributed by atoms with van der Waals surface area (Å²) in [6.45, 7) is 0. The van der Waals surface area contributed by atoms with Crippen molar-refractivity contribution < 1.29 is 0 Å². The van der Waals surface area contributed by atoms with Crippen molar-refractivity contribution in [1.29, 1.82) is 0 Å². The van der Waals surface area contributed by atoms with E-state index in [0.717, 1.165) is 88.2 Å². The first-order valence-corrected chi connectivity index (χ1v) is 49.0. The summed E-state index contributed by atoms with van der Waals surface area (Å²) in [6, 6.07) is 160. The third-order valence-corrected chi connectivity index (χ3v) is 32.1. The van der Waals surface area contributed by atoms with E-state index in [0.29, 0.717) is 17.5 Å². The van der Waals surface area contributed by atoms with Gasteiger partial charge >= 0.3 is 768 Å². The Labute approximate surface area is 786 Å². The molecule has 0 fully saturated rings. The predicted molar refractivity (Wildman–Crippen MR) is 564 cm³/mol. The fraction of sp³-hybridized carbons (Fsp3) is 0. The van der Waals surface area contributed by atoms with E-state index in [4.69, 9.17) is 34.9 Å². The summed E-state index contributed by atoms with van der Waals surface area (Å²) < 4.78 is 6.83. The number of fused-ring (bicyclic) bond motifs is 21. The number of hydrogen-bond donors (Lipinski definition) is 0. The Kier molecular flexibility index (Phi) is 20.0. The summed E-state index contributed by atoms with van der Waals surface area (Å²) in [7, 11) is 0. The minimum absolute atomic E-state index is 0.216. The second-order valence-electron chi connectivity index (χ2n) is 33.7. The molecule has 0 N–H and O–H groups in total. The Morgan fingerprint density at radius 1 is 0.158 bits per heavy atom. The molecule has 27 aromatic rings. The van der Waals surface area contributed by atoms with Crippen LogP contribution in [0.4, 0.5) is 0 Å². The van der Waals surface area contributed by atoms with E-state index in [1.54, 1.807) is 0 Å². The zero-order valence-corrected chi connectivity index (χ0v) is 76.9. The van der Waals surface area contributed by atoms with Gasteiger partial charge in [-0.2, -0.15) is 0 Å². The van der Waals surface area contributed by atoms with E-state index >= 15 is 0 Å². The molecule has 5 aromatic heterocycles. The van der Waals surface area contributed by atoms with Crippen molar-refractivity contribution in [2.75, 3.05) is 0 Å². The Hall–Kier alpha value is -15.8. The van der Waals surface area contributed by atoms with Crippen molar-refractivity contribution in [1.82, 2.24) is 34.9 Å². The molecule has 0 radical (unpaired) electrons. The van der Waals surface area contributed by atoms with Crippen LogP contribution in [0.1, 0.15) is 0 Å². The normalized spacial score (nSPS) is 11.6. The van der Waals surface area contributed by atoms with Gasteiger partial charge in [0, 0.05) is 0 Å². The van der Waals surface area contributed by atoms with Crippen molar-refractivity contribution in [2.45, 2.75) is 0 Å². The third kappa shape index (κ3) is 14.4. The summed E-state index contributed by atoms with van der Waals surface area (Å²) in [5.41, 5.74) is 20.1. The van der Waals surface area contributed by atoms with Crippen LogP contribution in [0.2, 0.25) is 0 Å². The number of nitrogens with zero attached hydrogens (tertiary/aromatic N) is 7. The van der Waals surface area contributed by atoms with Gasteiger partial charge in [0.25, 0.3) is 0 Å². The van der Waals surface area contributed by atoms with Crippen LogP contribution in [0.15, 0.2) is 449 Å². The topological polar surface area (TPSA) is 90.2 Å². The van der Waals surface area contributed by atoms with Gasteiger partial charge in [-0.1, -0.05) is 24.3 Å². The van der Waals surface area contributed by atoms with Gasteiger partial charge in [0.1, 0.15) is 0 Å². The molecule has 0 aliphatic carbocycles. The van der Waals surface area contributed by atoms with Crippen LogP contribution in [0.5, 0.6) is 0 Å². The maximum absolute atomic E-state index is 5.32. The van der Waals surface area contributed by atoms with Crippen molar-refractivity contribution >= 4 is 196 Å². The van der Waals surface area contributed by atoms with E-state index in [-0.39, 0.29) is 29.0 Å². The molecular weight excluding hydrogens is 1810 g/mol. The van der Waals surface area contributed by atoms with Gasteiger partial charge in [-0.3, -0.25) is 0 Å². The molecule has 27 rings (SSSR count). The van der Waals surface area contributed by atoms with Crippen LogP contribution in [-0.4, -0.2) is 79.9 Å². The number of hydrogen-bond acceptors (Lipinski definition) is 7. The summed E-state index contributed by atoms with van der Waals surface area (Å²) in [5, 5.41) is 26.6. The van der Waals surface area contributed by atoms with Gasteiger partial charge in [-0.15, -0.1) is 0 Å². The standard InChI is InChI=1S/C47H31N3Se.2C38H22N2Se/c51-44-40(35-18-11-19-37(29-35)47-49-45(33-14-3-1-4-15-33)48-46(50-47)34-16-5-2-6-17-34)23-12-24-42(44)41-22-10-9-21-39(41)36-28-27-32-26-25-31-13-7-8-20-38(31)43(32)30-36;1-2-9-26-23(8-1)18-21-28-27(26)20-19-24-16-17-25(22-32(24)28)36-37(40-34-14-5-4-13-33(34)39-36)31-12-7-11-30-29-10-3-6-15-35(29)41-38(30)31;1-2-9-26-23(8-1)18-21-28-27(26)20-19-24-16-17-25(22-33(24)28)38-39-34-14-5-3-11-31(34)36(40-38)32-13-7-12-30-29-10-4-6-15-35(29)41-37(30)32/h1-30,51H;2*1-22H. The van der Waals surface area contributed by atoms with Gasteiger partial charge in [-0.25, -0.2) is 0 Å².